The maximum absolute atomic E-state index is 5.63. The first-order chi connectivity index (χ1) is 9.03. The largest absolute Gasteiger partial charge is 0.380 e. The molecule has 3 heteroatoms. The molecule has 0 saturated heterocycles. The van der Waals surface area contributed by atoms with Gasteiger partial charge in [-0.05, 0) is 44.4 Å². The van der Waals surface area contributed by atoms with Gasteiger partial charge in [0.25, 0.3) is 0 Å². The van der Waals surface area contributed by atoms with E-state index in [1.807, 2.05) is 7.11 Å². The molecule has 0 bridgehead atoms. The van der Waals surface area contributed by atoms with Crippen LogP contribution in [0.5, 0.6) is 0 Å². The van der Waals surface area contributed by atoms with Crippen molar-refractivity contribution in [3.8, 4) is 0 Å². The van der Waals surface area contributed by atoms with Crippen molar-refractivity contribution in [3.63, 3.8) is 0 Å². The number of benzene rings is 1. The minimum absolute atomic E-state index is 0.0283. The Hall–Kier alpha value is -0.380. The minimum Gasteiger partial charge on any atom is -0.380 e. The molecule has 1 saturated carbocycles. The van der Waals surface area contributed by atoms with Crippen LogP contribution in [0.3, 0.4) is 0 Å². The quantitative estimate of drug-likeness (QED) is 0.894. The molecule has 1 N–H and O–H groups in total. The normalized spacial score (nSPS) is 24.4. The summed E-state index contributed by atoms with van der Waals surface area (Å²) in [6.45, 7) is 4.50. The van der Waals surface area contributed by atoms with E-state index in [-0.39, 0.29) is 5.54 Å². The SMILES string of the molecule is COC1CCCCC1NC(C)(C)c1ccc(Br)cc1. The van der Waals surface area contributed by atoms with Gasteiger partial charge in [-0.1, -0.05) is 40.9 Å². The van der Waals surface area contributed by atoms with E-state index in [1.54, 1.807) is 0 Å². The van der Waals surface area contributed by atoms with Gasteiger partial charge in [-0.15, -0.1) is 0 Å². The van der Waals surface area contributed by atoms with E-state index >= 15 is 0 Å². The van der Waals surface area contributed by atoms with E-state index in [4.69, 9.17) is 4.74 Å². The second kappa shape index (κ2) is 6.38. The first kappa shape index (κ1) is 15.0. The zero-order valence-corrected chi connectivity index (χ0v) is 13.7. The maximum atomic E-state index is 5.63. The number of hydrogen-bond acceptors (Lipinski definition) is 2. The molecular formula is C16H24BrNO. The van der Waals surface area contributed by atoms with E-state index < -0.39 is 0 Å². The van der Waals surface area contributed by atoms with Crippen molar-refractivity contribution in [2.24, 2.45) is 0 Å². The Labute approximate surface area is 125 Å². The van der Waals surface area contributed by atoms with Crippen LogP contribution in [0.15, 0.2) is 28.7 Å². The lowest BCUT2D eigenvalue weighted by Gasteiger charge is -2.38. The van der Waals surface area contributed by atoms with Crippen molar-refractivity contribution in [1.82, 2.24) is 5.32 Å². The van der Waals surface area contributed by atoms with Gasteiger partial charge in [0.2, 0.25) is 0 Å². The number of ether oxygens (including phenoxy) is 1. The summed E-state index contributed by atoms with van der Waals surface area (Å²) in [5.74, 6) is 0. The first-order valence-corrected chi connectivity index (χ1v) is 7.89. The average Bonchev–Trinajstić information content (AvgIpc) is 2.39. The summed E-state index contributed by atoms with van der Waals surface area (Å²) >= 11 is 3.49. The minimum atomic E-state index is -0.0283. The van der Waals surface area contributed by atoms with Crippen molar-refractivity contribution in [3.05, 3.63) is 34.3 Å². The number of nitrogens with one attached hydrogen (secondary N) is 1. The molecule has 1 fully saturated rings. The van der Waals surface area contributed by atoms with Crippen LogP contribution in [0, 0.1) is 0 Å². The molecule has 1 aromatic rings. The van der Waals surface area contributed by atoms with Crippen molar-refractivity contribution in [2.45, 2.75) is 57.2 Å². The topological polar surface area (TPSA) is 21.3 Å². The fourth-order valence-corrected chi connectivity index (χ4v) is 3.22. The fraction of sp³-hybridized carbons (Fsp3) is 0.625. The Morgan fingerprint density at radius 3 is 2.42 bits per heavy atom. The van der Waals surface area contributed by atoms with Gasteiger partial charge >= 0.3 is 0 Å². The third-order valence-electron chi connectivity index (χ3n) is 4.12. The summed E-state index contributed by atoms with van der Waals surface area (Å²) < 4.78 is 6.76. The summed E-state index contributed by atoms with van der Waals surface area (Å²) in [6.07, 6.45) is 5.32. The Bertz CT molecular complexity index is 402. The molecule has 2 nitrogen and oxygen atoms in total. The van der Waals surface area contributed by atoms with Gasteiger partial charge in [0.15, 0.2) is 0 Å². The molecule has 0 spiro atoms. The molecule has 2 unspecified atom stereocenters. The number of rotatable bonds is 4. The summed E-state index contributed by atoms with van der Waals surface area (Å²) in [7, 11) is 1.83. The van der Waals surface area contributed by atoms with Gasteiger partial charge < -0.3 is 10.1 Å². The molecule has 2 rings (SSSR count). The van der Waals surface area contributed by atoms with Crippen molar-refractivity contribution >= 4 is 15.9 Å². The third-order valence-corrected chi connectivity index (χ3v) is 4.65. The molecule has 0 radical (unpaired) electrons. The van der Waals surface area contributed by atoms with Gasteiger partial charge in [-0.25, -0.2) is 0 Å². The summed E-state index contributed by atoms with van der Waals surface area (Å²) in [5, 5.41) is 3.79. The summed E-state index contributed by atoms with van der Waals surface area (Å²) in [4.78, 5) is 0. The Morgan fingerprint density at radius 2 is 1.79 bits per heavy atom. The summed E-state index contributed by atoms with van der Waals surface area (Å²) in [5.41, 5.74) is 1.29. The average molecular weight is 326 g/mol. The highest BCUT2D eigenvalue weighted by atomic mass is 79.9. The van der Waals surface area contributed by atoms with Gasteiger partial charge in [0.1, 0.15) is 0 Å². The zero-order chi connectivity index (χ0) is 13.9. The molecule has 0 heterocycles. The molecular weight excluding hydrogens is 302 g/mol. The van der Waals surface area contributed by atoms with Crippen LogP contribution >= 0.6 is 15.9 Å². The predicted octanol–water partition coefficient (Wildman–Crippen LogP) is 4.23. The highest BCUT2D eigenvalue weighted by molar-refractivity contribution is 9.10. The molecule has 0 amide bonds. The molecule has 0 aromatic heterocycles. The second-order valence-electron chi connectivity index (χ2n) is 5.94. The molecule has 0 aliphatic heterocycles. The lowest BCUT2D eigenvalue weighted by Crippen LogP contribution is -2.51. The molecule has 1 aliphatic carbocycles. The van der Waals surface area contributed by atoms with Gasteiger partial charge in [0, 0.05) is 23.2 Å². The van der Waals surface area contributed by atoms with E-state index in [2.05, 4.69) is 59.4 Å². The van der Waals surface area contributed by atoms with Crippen molar-refractivity contribution in [1.29, 1.82) is 0 Å². The highest BCUT2D eigenvalue weighted by Gasteiger charge is 2.30. The second-order valence-corrected chi connectivity index (χ2v) is 6.86. The molecule has 1 aliphatic rings. The van der Waals surface area contributed by atoms with Gasteiger partial charge in [-0.2, -0.15) is 0 Å². The number of halogens is 1. The van der Waals surface area contributed by atoms with Gasteiger partial charge in [0.05, 0.1) is 6.10 Å². The number of hydrogen-bond donors (Lipinski definition) is 1. The van der Waals surface area contributed by atoms with Crippen molar-refractivity contribution in [2.75, 3.05) is 7.11 Å². The highest BCUT2D eigenvalue weighted by Crippen LogP contribution is 2.27. The van der Waals surface area contributed by atoms with E-state index in [1.165, 1.54) is 31.2 Å². The molecule has 106 valence electrons. The molecule has 19 heavy (non-hydrogen) atoms. The Kier molecular flexibility index (Phi) is 5.04. The van der Waals surface area contributed by atoms with Crippen LogP contribution in [-0.2, 0) is 10.3 Å². The maximum Gasteiger partial charge on any atom is 0.0724 e. The predicted molar refractivity (Wildman–Crippen MR) is 83.4 cm³/mol. The molecule has 2 atom stereocenters. The fourth-order valence-electron chi connectivity index (χ4n) is 2.96. The standard InChI is InChI=1S/C16H24BrNO/c1-16(2,12-8-10-13(17)11-9-12)18-14-6-4-5-7-15(14)19-3/h8-11,14-15,18H,4-7H2,1-3H3. The number of methoxy groups -OCH3 is 1. The van der Waals surface area contributed by atoms with Crippen molar-refractivity contribution < 1.29 is 4.74 Å². The molecule has 1 aromatic carbocycles. The van der Waals surface area contributed by atoms with E-state index in [0.29, 0.717) is 12.1 Å². The summed E-state index contributed by atoms with van der Waals surface area (Å²) in [6, 6.07) is 9.03. The smallest absolute Gasteiger partial charge is 0.0724 e. The monoisotopic (exact) mass is 325 g/mol. The van der Waals surface area contributed by atoms with Crippen LogP contribution in [0.25, 0.3) is 0 Å². The Balaban J connectivity index is 2.09. The van der Waals surface area contributed by atoms with Gasteiger partial charge in [-0.3, -0.25) is 0 Å². The van der Waals surface area contributed by atoms with Crippen LogP contribution < -0.4 is 5.32 Å². The lowest BCUT2D eigenvalue weighted by molar-refractivity contribution is 0.0315. The van der Waals surface area contributed by atoms with Crippen LogP contribution in [0.1, 0.15) is 45.1 Å². The lowest BCUT2D eigenvalue weighted by atomic mass is 9.87. The van der Waals surface area contributed by atoms with Crippen LogP contribution in [0.2, 0.25) is 0 Å². The van der Waals surface area contributed by atoms with Crippen LogP contribution in [-0.4, -0.2) is 19.3 Å². The van der Waals surface area contributed by atoms with E-state index in [0.717, 1.165) is 4.47 Å². The van der Waals surface area contributed by atoms with Crippen LogP contribution in [0.4, 0.5) is 0 Å². The first-order valence-electron chi connectivity index (χ1n) is 7.09. The Morgan fingerprint density at radius 1 is 1.16 bits per heavy atom. The zero-order valence-electron chi connectivity index (χ0n) is 12.1. The van der Waals surface area contributed by atoms with E-state index in [9.17, 15) is 0 Å². The third kappa shape index (κ3) is 3.80.